The standard InChI is InChI=1S/C6H10NO/c1-4-5-6(8)7(2)3/h4-5H,1H2,2-3H3/b5-4+. The molecule has 0 saturated carbocycles. The van der Waals surface area contributed by atoms with E-state index in [1.165, 1.54) is 17.1 Å². The van der Waals surface area contributed by atoms with Crippen LogP contribution in [0.1, 0.15) is 0 Å². The highest BCUT2D eigenvalue weighted by Gasteiger charge is 1.93. The number of carbonyl (C=O) groups is 1. The molecular formula is C6H10NO. The van der Waals surface area contributed by atoms with Crippen LogP contribution in [0.2, 0.25) is 0 Å². The van der Waals surface area contributed by atoms with Crippen molar-refractivity contribution in [1.29, 1.82) is 0 Å². The van der Waals surface area contributed by atoms with Crippen molar-refractivity contribution in [2.45, 2.75) is 0 Å². The van der Waals surface area contributed by atoms with Gasteiger partial charge in [-0.3, -0.25) is 4.79 Å². The number of nitrogens with zero attached hydrogens (tertiary/aromatic N) is 1. The van der Waals surface area contributed by atoms with Crippen LogP contribution in [0.3, 0.4) is 0 Å². The Morgan fingerprint density at radius 1 is 1.62 bits per heavy atom. The first kappa shape index (κ1) is 7.21. The van der Waals surface area contributed by atoms with Gasteiger partial charge in [0, 0.05) is 14.1 Å². The Morgan fingerprint density at radius 2 is 2.12 bits per heavy atom. The van der Waals surface area contributed by atoms with Crippen molar-refractivity contribution in [3.63, 3.8) is 0 Å². The molecule has 1 radical (unpaired) electrons. The molecule has 0 aliphatic heterocycles. The molecular weight excluding hydrogens is 102 g/mol. The normalized spacial score (nSPS) is 9.88. The molecule has 0 N–H and O–H groups in total. The SMILES string of the molecule is [CH2]/C=C/C(=O)N(C)C. The predicted molar refractivity (Wildman–Crippen MR) is 33.2 cm³/mol. The lowest BCUT2D eigenvalue weighted by molar-refractivity contribution is -0.123. The van der Waals surface area contributed by atoms with Crippen LogP contribution >= 0.6 is 0 Å². The quantitative estimate of drug-likeness (QED) is 0.451. The van der Waals surface area contributed by atoms with Gasteiger partial charge in [0.2, 0.25) is 5.91 Å². The van der Waals surface area contributed by atoms with E-state index in [2.05, 4.69) is 6.92 Å². The molecule has 0 spiro atoms. The summed E-state index contributed by atoms with van der Waals surface area (Å²) in [5, 5.41) is 0. The van der Waals surface area contributed by atoms with E-state index < -0.39 is 0 Å². The van der Waals surface area contributed by atoms with Gasteiger partial charge in [0.25, 0.3) is 0 Å². The number of allylic oxidation sites excluding steroid dienone is 1. The molecule has 0 unspecified atom stereocenters. The van der Waals surface area contributed by atoms with Crippen LogP contribution in [-0.2, 0) is 4.79 Å². The van der Waals surface area contributed by atoms with Crippen molar-refractivity contribution in [3.8, 4) is 0 Å². The number of likely N-dealkylation sites (N-methyl/N-ethyl adjacent to an activating group) is 1. The topological polar surface area (TPSA) is 20.3 Å². The first-order valence-electron chi connectivity index (χ1n) is 2.35. The molecule has 0 fully saturated rings. The first-order valence-corrected chi connectivity index (χ1v) is 2.35. The number of hydrogen-bond acceptors (Lipinski definition) is 1. The van der Waals surface area contributed by atoms with Crippen molar-refractivity contribution in [3.05, 3.63) is 19.1 Å². The molecule has 0 aromatic carbocycles. The number of hydrogen-bond donors (Lipinski definition) is 0. The molecule has 0 aliphatic rings. The fraction of sp³-hybridized carbons (Fsp3) is 0.333. The van der Waals surface area contributed by atoms with Crippen LogP contribution in [-0.4, -0.2) is 24.9 Å². The van der Waals surface area contributed by atoms with Crippen LogP contribution < -0.4 is 0 Å². The van der Waals surface area contributed by atoms with E-state index in [1.807, 2.05) is 0 Å². The Kier molecular flexibility index (Phi) is 2.92. The van der Waals surface area contributed by atoms with E-state index in [1.54, 1.807) is 14.1 Å². The minimum atomic E-state index is -0.0278. The highest BCUT2D eigenvalue weighted by molar-refractivity contribution is 5.87. The molecule has 0 rings (SSSR count). The summed E-state index contributed by atoms with van der Waals surface area (Å²) in [5.74, 6) is -0.0278. The van der Waals surface area contributed by atoms with Crippen LogP contribution in [0.5, 0.6) is 0 Å². The van der Waals surface area contributed by atoms with E-state index in [0.29, 0.717) is 0 Å². The molecule has 0 aromatic heterocycles. The summed E-state index contributed by atoms with van der Waals surface area (Å²) in [4.78, 5) is 12.0. The zero-order chi connectivity index (χ0) is 6.57. The van der Waals surface area contributed by atoms with Crippen LogP contribution in [0.15, 0.2) is 12.2 Å². The van der Waals surface area contributed by atoms with E-state index >= 15 is 0 Å². The summed E-state index contributed by atoms with van der Waals surface area (Å²) in [7, 11) is 3.39. The maximum Gasteiger partial charge on any atom is 0.245 e. The average molecular weight is 112 g/mol. The molecule has 0 atom stereocenters. The zero-order valence-electron chi connectivity index (χ0n) is 5.22. The summed E-state index contributed by atoms with van der Waals surface area (Å²) in [6.45, 7) is 3.38. The largest absolute Gasteiger partial charge is 0.345 e. The van der Waals surface area contributed by atoms with Crippen LogP contribution in [0, 0.1) is 6.92 Å². The summed E-state index contributed by atoms with van der Waals surface area (Å²) < 4.78 is 0. The summed E-state index contributed by atoms with van der Waals surface area (Å²) in [6, 6.07) is 0. The van der Waals surface area contributed by atoms with Crippen LogP contribution in [0.4, 0.5) is 0 Å². The predicted octanol–water partition coefficient (Wildman–Crippen LogP) is 0.465. The third kappa shape index (κ3) is 2.39. The van der Waals surface area contributed by atoms with Crippen molar-refractivity contribution in [2.24, 2.45) is 0 Å². The Labute approximate surface area is 49.8 Å². The van der Waals surface area contributed by atoms with Gasteiger partial charge in [-0.1, -0.05) is 6.08 Å². The smallest absolute Gasteiger partial charge is 0.245 e. The number of rotatable bonds is 1. The average Bonchev–Trinajstić information content (AvgIpc) is 1.67. The van der Waals surface area contributed by atoms with E-state index in [0.717, 1.165) is 0 Å². The van der Waals surface area contributed by atoms with Crippen molar-refractivity contribution < 1.29 is 4.79 Å². The summed E-state index contributed by atoms with van der Waals surface area (Å²) in [5.41, 5.74) is 0. The van der Waals surface area contributed by atoms with Gasteiger partial charge in [0.15, 0.2) is 0 Å². The van der Waals surface area contributed by atoms with Gasteiger partial charge in [-0.05, 0) is 13.0 Å². The third-order valence-corrected chi connectivity index (χ3v) is 0.701. The second kappa shape index (κ2) is 3.24. The lowest BCUT2D eigenvalue weighted by atomic mass is 10.5. The van der Waals surface area contributed by atoms with Crippen molar-refractivity contribution in [1.82, 2.24) is 4.90 Å². The Hall–Kier alpha value is -0.790. The molecule has 0 bridgehead atoms. The van der Waals surface area contributed by atoms with E-state index in [9.17, 15) is 4.79 Å². The van der Waals surface area contributed by atoms with Gasteiger partial charge < -0.3 is 4.90 Å². The fourth-order valence-corrected chi connectivity index (χ4v) is 0.250. The maximum absolute atomic E-state index is 10.5. The molecule has 2 nitrogen and oxygen atoms in total. The summed E-state index contributed by atoms with van der Waals surface area (Å²) >= 11 is 0. The van der Waals surface area contributed by atoms with Gasteiger partial charge in [0.1, 0.15) is 0 Å². The van der Waals surface area contributed by atoms with E-state index in [4.69, 9.17) is 0 Å². The van der Waals surface area contributed by atoms with Gasteiger partial charge in [-0.15, -0.1) is 0 Å². The monoisotopic (exact) mass is 112 g/mol. The molecule has 1 amide bonds. The highest BCUT2D eigenvalue weighted by atomic mass is 16.2. The maximum atomic E-state index is 10.5. The van der Waals surface area contributed by atoms with Crippen LogP contribution in [0.25, 0.3) is 0 Å². The number of carbonyl (C=O) groups excluding carboxylic acids is 1. The minimum Gasteiger partial charge on any atom is -0.345 e. The lowest BCUT2D eigenvalue weighted by Gasteiger charge is -2.03. The Bertz CT molecular complexity index is 105. The van der Waals surface area contributed by atoms with E-state index in [-0.39, 0.29) is 5.91 Å². The molecule has 8 heavy (non-hydrogen) atoms. The Balaban J connectivity index is 3.66. The summed E-state index contributed by atoms with van der Waals surface area (Å²) in [6.07, 6.45) is 2.89. The van der Waals surface area contributed by atoms with Gasteiger partial charge in [-0.2, -0.15) is 0 Å². The molecule has 45 valence electrons. The second-order valence-electron chi connectivity index (χ2n) is 1.64. The fourth-order valence-electron chi connectivity index (χ4n) is 0.250. The molecule has 0 aromatic rings. The molecule has 0 heterocycles. The van der Waals surface area contributed by atoms with Gasteiger partial charge in [0.05, 0.1) is 0 Å². The first-order chi connectivity index (χ1) is 3.68. The zero-order valence-corrected chi connectivity index (χ0v) is 5.22. The Morgan fingerprint density at radius 3 is 2.25 bits per heavy atom. The highest BCUT2D eigenvalue weighted by Crippen LogP contribution is 1.78. The lowest BCUT2D eigenvalue weighted by Crippen LogP contribution is -2.18. The van der Waals surface area contributed by atoms with Gasteiger partial charge >= 0.3 is 0 Å². The second-order valence-corrected chi connectivity index (χ2v) is 1.64. The molecule has 2 heteroatoms. The minimum absolute atomic E-state index is 0.0278. The van der Waals surface area contributed by atoms with Gasteiger partial charge in [-0.25, -0.2) is 0 Å². The van der Waals surface area contributed by atoms with Crippen molar-refractivity contribution >= 4 is 5.91 Å². The molecule has 0 aliphatic carbocycles. The molecule has 0 saturated heterocycles. The van der Waals surface area contributed by atoms with Crippen molar-refractivity contribution in [2.75, 3.05) is 14.1 Å². The third-order valence-electron chi connectivity index (χ3n) is 0.701. The number of amides is 1.